The average Bonchev–Trinajstić information content (AvgIpc) is 3.12. The zero-order valence-electron chi connectivity index (χ0n) is 16.4. The van der Waals surface area contributed by atoms with Crippen LogP contribution in [0.5, 0.6) is 5.75 Å². The highest BCUT2D eigenvalue weighted by Crippen LogP contribution is 2.17. The van der Waals surface area contributed by atoms with Crippen molar-refractivity contribution in [1.29, 1.82) is 0 Å². The SMILES string of the molecule is Cc1nc(COc2ccc(C(=O)N[C@@H](C[NH+](C)C)c3ccccc3)cc2)cs1. The maximum Gasteiger partial charge on any atom is 0.251 e. The van der Waals surface area contributed by atoms with Gasteiger partial charge in [0.05, 0.1) is 24.8 Å². The normalized spacial score (nSPS) is 12.0. The second-order valence-electron chi connectivity index (χ2n) is 7.02. The number of benzene rings is 2. The average molecular weight is 397 g/mol. The predicted octanol–water partition coefficient (Wildman–Crippen LogP) is 2.65. The van der Waals surface area contributed by atoms with E-state index in [2.05, 4.69) is 24.4 Å². The van der Waals surface area contributed by atoms with Crippen molar-refractivity contribution in [2.24, 2.45) is 0 Å². The van der Waals surface area contributed by atoms with Gasteiger partial charge in [-0.3, -0.25) is 4.79 Å². The number of nitrogens with one attached hydrogen (secondary N) is 2. The van der Waals surface area contributed by atoms with Crippen LogP contribution in [0.3, 0.4) is 0 Å². The number of nitrogens with zero attached hydrogens (tertiary/aromatic N) is 1. The van der Waals surface area contributed by atoms with E-state index in [1.807, 2.05) is 54.8 Å². The van der Waals surface area contributed by atoms with Crippen molar-refractivity contribution < 1.29 is 14.4 Å². The van der Waals surface area contributed by atoms with Gasteiger partial charge in [0, 0.05) is 10.9 Å². The van der Waals surface area contributed by atoms with Gasteiger partial charge < -0.3 is 15.0 Å². The molecule has 6 heteroatoms. The summed E-state index contributed by atoms with van der Waals surface area (Å²) in [4.78, 5) is 18.4. The molecule has 0 bridgehead atoms. The Bertz CT molecular complexity index is 892. The van der Waals surface area contributed by atoms with Crippen molar-refractivity contribution in [3.05, 3.63) is 81.8 Å². The van der Waals surface area contributed by atoms with Crippen LogP contribution in [0, 0.1) is 6.92 Å². The number of thiazole rings is 1. The number of carbonyl (C=O) groups excluding carboxylic acids is 1. The van der Waals surface area contributed by atoms with Crippen molar-refractivity contribution in [3.63, 3.8) is 0 Å². The van der Waals surface area contributed by atoms with E-state index in [1.165, 1.54) is 4.90 Å². The van der Waals surface area contributed by atoms with Gasteiger partial charge in [-0.15, -0.1) is 11.3 Å². The van der Waals surface area contributed by atoms with E-state index >= 15 is 0 Å². The van der Waals surface area contributed by atoms with Crippen LogP contribution >= 0.6 is 11.3 Å². The molecule has 0 fully saturated rings. The molecule has 1 atom stereocenters. The summed E-state index contributed by atoms with van der Waals surface area (Å²) in [6.07, 6.45) is 0. The Balaban J connectivity index is 1.62. The Morgan fingerprint density at radius 2 is 1.86 bits per heavy atom. The summed E-state index contributed by atoms with van der Waals surface area (Å²) in [5, 5.41) is 6.17. The first-order valence-corrected chi connectivity index (χ1v) is 10.2. The van der Waals surface area contributed by atoms with E-state index in [9.17, 15) is 4.79 Å². The van der Waals surface area contributed by atoms with E-state index in [1.54, 1.807) is 23.5 Å². The molecular weight excluding hydrogens is 370 g/mol. The lowest BCUT2D eigenvalue weighted by molar-refractivity contribution is -0.860. The number of hydrogen-bond acceptors (Lipinski definition) is 4. The maximum atomic E-state index is 12.7. The molecule has 2 N–H and O–H groups in total. The highest BCUT2D eigenvalue weighted by Gasteiger charge is 2.18. The number of rotatable bonds is 8. The summed E-state index contributed by atoms with van der Waals surface area (Å²) in [5.74, 6) is 0.635. The van der Waals surface area contributed by atoms with Gasteiger partial charge in [0.15, 0.2) is 0 Å². The van der Waals surface area contributed by atoms with Gasteiger partial charge in [-0.05, 0) is 36.8 Å². The Labute approximate surface area is 170 Å². The van der Waals surface area contributed by atoms with E-state index < -0.39 is 0 Å². The fourth-order valence-corrected chi connectivity index (χ4v) is 3.52. The molecule has 3 rings (SSSR count). The minimum Gasteiger partial charge on any atom is -0.487 e. The molecule has 1 heterocycles. The number of quaternary nitrogens is 1. The molecule has 1 amide bonds. The van der Waals surface area contributed by atoms with Crippen LogP contribution in [0.2, 0.25) is 0 Å². The Hall–Kier alpha value is -2.70. The molecule has 5 nitrogen and oxygen atoms in total. The van der Waals surface area contributed by atoms with Crippen molar-refractivity contribution >= 4 is 17.2 Å². The van der Waals surface area contributed by atoms with E-state index in [0.717, 1.165) is 28.6 Å². The second-order valence-corrected chi connectivity index (χ2v) is 8.08. The van der Waals surface area contributed by atoms with E-state index in [-0.39, 0.29) is 11.9 Å². The summed E-state index contributed by atoms with van der Waals surface area (Å²) in [6, 6.07) is 17.3. The number of likely N-dealkylation sites (N-methyl/N-ethyl adjacent to an activating group) is 1. The number of hydrogen-bond donors (Lipinski definition) is 2. The molecular formula is C22H26N3O2S+. The summed E-state index contributed by atoms with van der Waals surface area (Å²) in [6.45, 7) is 3.21. The molecule has 0 spiro atoms. The molecule has 28 heavy (non-hydrogen) atoms. The third-order valence-electron chi connectivity index (χ3n) is 4.29. The molecule has 146 valence electrons. The standard InChI is InChI=1S/C22H25N3O2S/c1-16-23-19(15-28-16)14-27-20-11-9-18(10-12-20)22(26)24-21(13-25(2)3)17-7-5-4-6-8-17/h4-12,15,21H,13-14H2,1-3H3,(H,24,26)/p+1/t21-/m0/s1. The second kappa shape index (κ2) is 9.48. The third-order valence-corrected chi connectivity index (χ3v) is 5.11. The summed E-state index contributed by atoms with van der Waals surface area (Å²) >= 11 is 1.61. The topological polar surface area (TPSA) is 55.7 Å². The first-order chi connectivity index (χ1) is 13.5. The minimum absolute atomic E-state index is 0.0393. The predicted molar refractivity (Wildman–Crippen MR) is 112 cm³/mol. The van der Waals surface area contributed by atoms with Gasteiger partial charge in [-0.25, -0.2) is 4.98 Å². The van der Waals surface area contributed by atoms with Gasteiger partial charge in [0.2, 0.25) is 0 Å². The monoisotopic (exact) mass is 396 g/mol. The summed E-state index contributed by atoms with van der Waals surface area (Å²) < 4.78 is 5.75. The van der Waals surface area contributed by atoms with Crippen LogP contribution in [-0.2, 0) is 6.61 Å². The van der Waals surface area contributed by atoms with Crippen LogP contribution in [-0.4, -0.2) is 31.5 Å². The van der Waals surface area contributed by atoms with Crippen LogP contribution in [0.4, 0.5) is 0 Å². The molecule has 0 saturated heterocycles. The Morgan fingerprint density at radius 1 is 1.14 bits per heavy atom. The molecule has 2 aromatic carbocycles. The minimum atomic E-state index is -0.0863. The molecule has 1 aromatic heterocycles. The zero-order valence-corrected chi connectivity index (χ0v) is 17.3. The van der Waals surface area contributed by atoms with Crippen molar-refractivity contribution in [1.82, 2.24) is 10.3 Å². The highest BCUT2D eigenvalue weighted by atomic mass is 32.1. The Kier molecular flexibility index (Phi) is 6.79. The largest absolute Gasteiger partial charge is 0.487 e. The number of carbonyl (C=O) groups is 1. The third kappa shape index (κ3) is 5.65. The van der Waals surface area contributed by atoms with Gasteiger partial charge in [0.1, 0.15) is 24.9 Å². The van der Waals surface area contributed by atoms with Crippen molar-refractivity contribution in [3.8, 4) is 5.75 Å². The number of ether oxygens (including phenoxy) is 1. The summed E-state index contributed by atoms with van der Waals surface area (Å²) in [7, 11) is 4.16. The van der Waals surface area contributed by atoms with Crippen molar-refractivity contribution in [2.75, 3.05) is 20.6 Å². The molecule has 3 aromatic rings. The summed E-state index contributed by atoms with van der Waals surface area (Å²) in [5.41, 5.74) is 2.64. The van der Waals surface area contributed by atoms with Gasteiger partial charge >= 0.3 is 0 Å². The molecule has 0 aliphatic rings. The lowest BCUT2D eigenvalue weighted by Crippen LogP contribution is -3.06. The first kappa shape index (κ1) is 20.0. The number of aryl methyl sites for hydroxylation is 1. The molecule has 0 unspecified atom stereocenters. The van der Waals surface area contributed by atoms with Crippen molar-refractivity contribution in [2.45, 2.75) is 19.6 Å². The fraction of sp³-hybridized carbons (Fsp3) is 0.273. The lowest BCUT2D eigenvalue weighted by Gasteiger charge is -2.21. The van der Waals surface area contributed by atoms with Crippen LogP contribution in [0.1, 0.15) is 32.7 Å². The van der Waals surface area contributed by atoms with Crippen LogP contribution in [0.15, 0.2) is 60.0 Å². The molecule has 0 radical (unpaired) electrons. The van der Waals surface area contributed by atoms with Gasteiger partial charge in [-0.2, -0.15) is 0 Å². The van der Waals surface area contributed by atoms with Crippen LogP contribution in [0.25, 0.3) is 0 Å². The number of aromatic nitrogens is 1. The first-order valence-electron chi connectivity index (χ1n) is 9.30. The fourth-order valence-electron chi connectivity index (χ4n) is 2.92. The quantitative estimate of drug-likeness (QED) is 0.616. The smallest absolute Gasteiger partial charge is 0.251 e. The van der Waals surface area contributed by atoms with Gasteiger partial charge in [-0.1, -0.05) is 30.3 Å². The lowest BCUT2D eigenvalue weighted by atomic mass is 10.1. The molecule has 0 saturated carbocycles. The molecule has 0 aliphatic carbocycles. The maximum absolute atomic E-state index is 12.7. The Morgan fingerprint density at radius 3 is 2.46 bits per heavy atom. The van der Waals surface area contributed by atoms with Gasteiger partial charge in [0.25, 0.3) is 5.91 Å². The van der Waals surface area contributed by atoms with E-state index in [4.69, 9.17) is 4.74 Å². The van der Waals surface area contributed by atoms with E-state index in [0.29, 0.717) is 12.2 Å². The molecule has 0 aliphatic heterocycles. The zero-order chi connectivity index (χ0) is 19.9. The number of amides is 1. The van der Waals surface area contributed by atoms with Crippen LogP contribution < -0.4 is 15.0 Å². The highest BCUT2D eigenvalue weighted by molar-refractivity contribution is 7.09.